The van der Waals surface area contributed by atoms with E-state index in [0.29, 0.717) is 83.2 Å². The van der Waals surface area contributed by atoms with Crippen molar-refractivity contribution in [1.29, 1.82) is 0 Å². The van der Waals surface area contributed by atoms with E-state index in [1.807, 2.05) is 54.6 Å². The molecule has 2 aromatic carbocycles. The Morgan fingerprint density at radius 3 is 2.04 bits per heavy atom. The van der Waals surface area contributed by atoms with Gasteiger partial charge in [0, 0.05) is 98.1 Å². The summed E-state index contributed by atoms with van der Waals surface area (Å²) < 4.78 is 8.90. The lowest BCUT2D eigenvalue weighted by Gasteiger charge is -2.16. The molecule has 0 bridgehead atoms. The average molecular weight is 730 g/mol. The molecule has 2 aliphatic rings. The van der Waals surface area contributed by atoms with E-state index in [1.165, 1.54) is 10.6 Å². The number of carbonyl (C=O) groups excluding carboxylic acids is 2. The van der Waals surface area contributed by atoms with Crippen molar-refractivity contribution in [2.24, 2.45) is 7.05 Å². The molecule has 0 spiro atoms. The number of hydrogen-bond donors (Lipinski definition) is 4. The zero-order chi connectivity index (χ0) is 35.6. The molecule has 0 radical (unpaired) electrons. The van der Waals surface area contributed by atoms with Crippen molar-refractivity contribution in [3.63, 3.8) is 0 Å². The van der Waals surface area contributed by atoms with Gasteiger partial charge in [0.1, 0.15) is 0 Å². The van der Waals surface area contributed by atoms with Gasteiger partial charge >= 0.3 is 0 Å². The van der Waals surface area contributed by atoms with Gasteiger partial charge in [-0.1, -0.05) is 65.7 Å². The second-order valence-corrected chi connectivity index (χ2v) is 13.6. The van der Waals surface area contributed by atoms with Gasteiger partial charge in [0.15, 0.2) is 5.65 Å². The Bertz CT molecular complexity index is 2200. The minimum atomic E-state index is -0.213. The van der Waals surface area contributed by atoms with Crippen LogP contribution >= 0.6 is 23.2 Å². The first-order chi connectivity index (χ1) is 24.7. The Hall–Kier alpha value is -4.75. The number of methoxy groups -OCH3 is 1. The van der Waals surface area contributed by atoms with E-state index >= 15 is 0 Å². The van der Waals surface area contributed by atoms with Crippen molar-refractivity contribution in [2.75, 3.05) is 20.2 Å². The summed E-state index contributed by atoms with van der Waals surface area (Å²) in [4.78, 5) is 45.8. The van der Waals surface area contributed by atoms with Crippen molar-refractivity contribution in [2.45, 2.75) is 50.9 Å². The Morgan fingerprint density at radius 2 is 1.41 bits per heavy atom. The van der Waals surface area contributed by atoms with Crippen molar-refractivity contribution in [1.82, 2.24) is 40.4 Å². The number of carbonyl (C=O) groups is 2. The minimum absolute atomic E-state index is 0.0650. The third kappa shape index (κ3) is 7.22. The number of rotatable bonds is 12. The fourth-order valence-corrected chi connectivity index (χ4v) is 7.48. The smallest absolute Gasteiger partial charge is 0.273 e. The Labute approximate surface area is 304 Å². The summed E-state index contributed by atoms with van der Waals surface area (Å²) in [7, 11) is 3.39. The number of aromatic nitrogens is 4. The predicted octanol–water partition coefficient (Wildman–Crippen LogP) is 4.48. The molecule has 2 unspecified atom stereocenters. The minimum Gasteiger partial charge on any atom is -0.481 e. The summed E-state index contributed by atoms with van der Waals surface area (Å²) >= 11 is 14.2. The van der Waals surface area contributed by atoms with E-state index in [1.54, 1.807) is 18.8 Å². The van der Waals surface area contributed by atoms with Crippen LogP contribution in [0.15, 0.2) is 65.5 Å². The van der Waals surface area contributed by atoms with Crippen LogP contribution in [-0.4, -0.2) is 63.3 Å². The summed E-state index contributed by atoms with van der Waals surface area (Å²) in [5.41, 5.74) is 6.03. The average Bonchev–Trinajstić information content (AvgIpc) is 3.83. The Balaban J connectivity index is 1.13. The van der Waals surface area contributed by atoms with Crippen molar-refractivity contribution >= 4 is 40.7 Å². The lowest BCUT2D eigenvalue weighted by molar-refractivity contribution is -0.120. The second kappa shape index (κ2) is 14.8. The number of nitrogens with zero attached hydrogens (tertiary/aromatic N) is 4. The van der Waals surface area contributed by atoms with Crippen molar-refractivity contribution in [3.8, 4) is 39.5 Å². The summed E-state index contributed by atoms with van der Waals surface area (Å²) in [5.74, 6) is 0.639. The van der Waals surface area contributed by atoms with E-state index in [2.05, 4.69) is 21.3 Å². The van der Waals surface area contributed by atoms with Gasteiger partial charge in [-0.05, 0) is 18.9 Å². The monoisotopic (exact) mass is 728 g/mol. The van der Waals surface area contributed by atoms with Crippen LogP contribution in [0.3, 0.4) is 0 Å². The Kier molecular flexibility index (Phi) is 10.1. The summed E-state index contributed by atoms with van der Waals surface area (Å²) in [5, 5.41) is 13.6. The van der Waals surface area contributed by atoms with Gasteiger partial charge in [-0.3, -0.25) is 19.1 Å². The van der Waals surface area contributed by atoms with Crippen LogP contribution in [0.2, 0.25) is 10.0 Å². The molecule has 4 N–H and O–H groups in total. The molecule has 14 heteroatoms. The van der Waals surface area contributed by atoms with E-state index < -0.39 is 0 Å². The molecule has 0 saturated carbocycles. The quantitative estimate of drug-likeness (QED) is 0.147. The van der Waals surface area contributed by atoms with Gasteiger partial charge < -0.3 is 26.0 Å². The number of nitrogens with one attached hydrogen (secondary N) is 4. The highest BCUT2D eigenvalue weighted by atomic mass is 35.5. The number of fused-ring (bicyclic) bond motifs is 1. The van der Waals surface area contributed by atoms with Gasteiger partial charge in [-0.15, -0.1) is 0 Å². The molecule has 5 heterocycles. The molecule has 0 aliphatic carbocycles. The highest BCUT2D eigenvalue weighted by Crippen LogP contribution is 2.42. The fourth-order valence-electron chi connectivity index (χ4n) is 6.83. The molecule has 264 valence electrons. The fraction of sp³-hybridized carbons (Fsp3) is 0.324. The van der Waals surface area contributed by atoms with E-state index in [4.69, 9.17) is 37.9 Å². The molecule has 2 saturated heterocycles. The third-order valence-corrected chi connectivity index (χ3v) is 10.2. The van der Waals surface area contributed by atoms with Crippen LogP contribution < -0.4 is 31.6 Å². The molecule has 51 heavy (non-hydrogen) atoms. The molecule has 3 aromatic heterocycles. The van der Waals surface area contributed by atoms with E-state index in [-0.39, 0.29) is 29.5 Å². The maximum Gasteiger partial charge on any atom is 0.273 e. The predicted molar refractivity (Wildman–Crippen MR) is 197 cm³/mol. The zero-order valence-corrected chi connectivity index (χ0v) is 29.8. The molecule has 2 aliphatic heterocycles. The molecular formula is C37H38Cl2N8O4. The largest absolute Gasteiger partial charge is 0.481 e. The highest BCUT2D eigenvalue weighted by Gasteiger charge is 2.23. The number of aryl methyl sites for hydroxylation is 1. The van der Waals surface area contributed by atoms with Crippen LogP contribution in [0, 0.1) is 0 Å². The van der Waals surface area contributed by atoms with Crippen LogP contribution in [0.5, 0.6) is 5.88 Å². The lowest BCUT2D eigenvalue weighted by atomic mass is 9.98. The molecule has 2 amide bonds. The summed E-state index contributed by atoms with van der Waals surface area (Å²) in [6.07, 6.45) is 2.72. The molecule has 5 aromatic rings. The first kappa shape index (κ1) is 34.7. The maximum absolute atomic E-state index is 13.2. The SMILES string of the molecule is COc1nc(-c2cccc(-c3cccc(-c4cc5nc(CNCC6CCC(=O)N6)cc(=O)n5n4C)c3Cl)c2Cl)ccc1CNCC1CCC(=O)N1. The van der Waals surface area contributed by atoms with Gasteiger partial charge in [0.25, 0.3) is 5.56 Å². The van der Waals surface area contributed by atoms with Gasteiger partial charge in [0.05, 0.1) is 34.2 Å². The van der Waals surface area contributed by atoms with Crippen molar-refractivity contribution < 1.29 is 14.3 Å². The summed E-state index contributed by atoms with van der Waals surface area (Å²) in [6.45, 7) is 2.20. The molecule has 7 rings (SSSR count). The lowest BCUT2D eigenvalue weighted by Crippen LogP contribution is -2.35. The first-order valence-corrected chi connectivity index (χ1v) is 17.7. The number of benzene rings is 2. The summed E-state index contributed by atoms with van der Waals surface area (Å²) in [6, 6.07) is 18.9. The van der Waals surface area contributed by atoms with Gasteiger partial charge in [0.2, 0.25) is 17.7 Å². The topological polar surface area (TPSA) is 144 Å². The molecule has 2 atom stereocenters. The normalized spacial score (nSPS) is 17.3. The van der Waals surface area contributed by atoms with Crippen LogP contribution in [0.1, 0.15) is 36.9 Å². The third-order valence-electron chi connectivity index (χ3n) is 9.43. The number of amides is 2. The zero-order valence-electron chi connectivity index (χ0n) is 28.3. The van der Waals surface area contributed by atoms with Crippen LogP contribution in [0.4, 0.5) is 0 Å². The standard InChI is InChI=1S/C37H38Cl2N8O4/c1-46-30(16-31-42-24(15-34(50)47(31)46)20-41-19-23-11-14-33(49)44-23)28-8-4-6-26(36(28)39)25-5-3-7-27(35(25)38)29-12-9-21(37(45-29)51-2)17-40-18-22-10-13-32(48)43-22/h3-9,12,15-16,22-23,40-41H,10-11,13-14,17-20H2,1-2H3,(H,43,48)(H,44,49). The number of ether oxygens (including phenoxy) is 1. The molecule has 2 fully saturated rings. The molecular weight excluding hydrogens is 691 g/mol. The molecule has 12 nitrogen and oxygen atoms in total. The number of pyridine rings is 1. The van der Waals surface area contributed by atoms with Gasteiger partial charge in [-0.25, -0.2) is 9.97 Å². The number of hydrogen-bond acceptors (Lipinski definition) is 8. The van der Waals surface area contributed by atoms with Crippen LogP contribution in [0.25, 0.3) is 39.3 Å². The Morgan fingerprint density at radius 1 is 0.804 bits per heavy atom. The van der Waals surface area contributed by atoms with Crippen molar-refractivity contribution in [3.05, 3.63) is 92.3 Å². The maximum atomic E-state index is 13.2. The second-order valence-electron chi connectivity index (χ2n) is 12.9. The highest BCUT2D eigenvalue weighted by molar-refractivity contribution is 6.39. The van der Waals surface area contributed by atoms with Gasteiger partial charge in [-0.2, -0.15) is 4.52 Å². The van der Waals surface area contributed by atoms with E-state index in [9.17, 15) is 14.4 Å². The first-order valence-electron chi connectivity index (χ1n) is 16.9. The number of halogens is 2. The van der Waals surface area contributed by atoms with E-state index in [0.717, 1.165) is 35.1 Å². The van der Waals surface area contributed by atoms with Crippen LogP contribution in [-0.2, 0) is 29.7 Å².